The third-order valence-electron chi connectivity index (χ3n) is 1.71. The molecule has 0 unspecified atom stereocenters. The van der Waals surface area contributed by atoms with Crippen LogP contribution in [0.5, 0.6) is 0 Å². The number of nitrogens with zero attached hydrogens (tertiary/aromatic N) is 1. The van der Waals surface area contributed by atoms with Crippen LogP contribution in [0.4, 0.5) is 5.69 Å². The van der Waals surface area contributed by atoms with Crippen LogP contribution in [0.25, 0.3) is 0 Å². The van der Waals surface area contributed by atoms with Gasteiger partial charge in [-0.15, -0.1) is 6.42 Å². The van der Waals surface area contributed by atoms with E-state index in [9.17, 15) is 14.9 Å². The zero-order valence-corrected chi connectivity index (χ0v) is 13.4. The Labute approximate surface area is 122 Å². The quantitative estimate of drug-likeness (QED) is 0.295. The van der Waals surface area contributed by atoms with Crippen molar-refractivity contribution in [3.63, 3.8) is 0 Å². The third kappa shape index (κ3) is 5.70. The van der Waals surface area contributed by atoms with E-state index < -0.39 is 4.92 Å². The summed E-state index contributed by atoms with van der Waals surface area (Å²) in [5.41, 5.74) is 0.0714. The van der Waals surface area contributed by atoms with Gasteiger partial charge in [-0.05, 0) is 6.07 Å². The van der Waals surface area contributed by atoms with Gasteiger partial charge in [0.05, 0.1) is 15.6 Å². The molecular weight excluding hydrogens is 430 g/mol. The number of rotatable bonds is 6. The van der Waals surface area contributed by atoms with Crippen molar-refractivity contribution in [2.75, 3.05) is 5.75 Å². The van der Waals surface area contributed by atoms with Crippen molar-refractivity contribution in [1.29, 1.82) is 0 Å². The number of Topliss-reactive ketones (excluding diaryl/α,β-unsaturated/α-hetero) is 1. The van der Waals surface area contributed by atoms with Gasteiger partial charge >= 0.3 is 0 Å². The van der Waals surface area contributed by atoms with E-state index in [1.807, 2.05) is 0 Å². The summed E-state index contributed by atoms with van der Waals surface area (Å²) in [7, 11) is 2.54. The summed E-state index contributed by atoms with van der Waals surface area (Å²) in [5, 5.41) is 10.7. The van der Waals surface area contributed by atoms with Crippen molar-refractivity contribution in [2.45, 2.75) is 11.3 Å². The Kier molecular flexibility index (Phi) is 8.56. The summed E-state index contributed by atoms with van der Waals surface area (Å²) in [6.45, 7) is 3.48. The molecule has 7 heteroatoms. The zero-order valence-electron chi connectivity index (χ0n) is 8.83. The fraction of sp³-hybridized carbons (Fsp3) is 0.200. The number of ketones is 1. The van der Waals surface area contributed by atoms with Gasteiger partial charge in [-0.1, -0.05) is 33.7 Å². The average molecular weight is 440 g/mol. The van der Waals surface area contributed by atoms with Crippen LogP contribution >= 0.6 is 21.6 Å². The molecule has 1 rings (SSSR count). The fourth-order valence-electron chi connectivity index (χ4n) is 0.909. The first-order chi connectivity index (χ1) is 7.65. The summed E-state index contributed by atoms with van der Waals surface area (Å²) in [6.07, 6.45) is 0.254. The van der Waals surface area contributed by atoms with Crippen molar-refractivity contribution < 1.29 is 30.8 Å². The number of benzene rings is 1. The standard InChI is InChI=1S/C10H10NO3S2.W/c1-2-8(12)7-15-16-10-6-4-3-5-9(10)11(13)14;/h3-6H,1-2,7H2;/q-1;. The molecule has 4 nitrogen and oxygen atoms in total. The van der Waals surface area contributed by atoms with Crippen LogP contribution < -0.4 is 0 Å². The predicted octanol–water partition coefficient (Wildman–Crippen LogP) is 3.13. The maximum atomic E-state index is 11.0. The van der Waals surface area contributed by atoms with Crippen molar-refractivity contribution in [3.05, 3.63) is 41.3 Å². The summed E-state index contributed by atoms with van der Waals surface area (Å²) in [5.74, 6) is 0.358. The molecule has 1 aromatic carbocycles. The molecule has 0 saturated heterocycles. The van der Waals surface area contributed by atoms with E-state index in [1.54, 1.807) is 18.2 Å². The second kappa shape index (κ2) is 8.72. The van der Waals surface area contributed by atoms with Crippen molar-refractivity contribution in [2.24, 2.45) is 0 Å². The average Bonchev–Trinajstić information content (AvgIpc) is 2.29. The van der Waals surface area contributed by atoms with Crippen LogP contribution in [-0.4, -0.2) is 16.5 Å². The molecule has 0 N–H and O–H groups in total. The fourth-order valence-corrected chi connectivity index (χ4v) is 3.11. The Morgan fingerprint density at radius 3 is 2.65 bits per heavy atom. The normalized spacial score (nSPS) is 9.47. The molecule has 0 heterocycles. The molecule has 17 heavy (non-hydrogen) atoms. The molecule has 0 saturated carbocycles. The number of carbonyl (C=O) groups is 1. The van der Waals surface area contributed by atoms with E-state index in [4.69, 9.17) is 0 Å². The SMILES string of the molecule is [CH2-]CC(=O)CSSc1ccccc1[N+](=O)[O-].[W]. The number of hydrogen-bond donors (Lipinski definition) is 0. The predicted molar refractivity (Wildman–Crippen MR) is 66.4 cm³/mol. The summed E-state index contributed by atoms with van der Waals surface area (Å²) >= 11 is 0. The minimum atomic E-state index is -0.425. The van der Waals surface area contributed by atoms with E-state index in [2.05, 4.69) is 6.92 Å². The number of para-hydroxylation sites is 1. The third-order valence-corrected chi connectivity index (χ3v) is 4.04. The molecule has 0 aliphatic carbocycles. The Morgan fingerprint density at radius 2 is 2.06 bits per heavy atom. The molecule has 0 aliphatic heterocycles. The largest absolute Gasteiger partial charge is 0.336 e. The monoisotopic (exact) mass is 440 g/mol. The van der Waals surface area contributed by atoms with Gasteiger partial charge in [0.25, 0.3) is 5.69 Å². The molecule has 0 fully saturated rings. The van der Waals surface area contributed by atoms with E-state index in [0.717, 1.165) is 0 Å². The molecule has 0 spiro atoms. The van der Waals surface area contributed by atoms with Gasteiger partial charge in [0.2, 0.25) is 0 Å². The van der Waals surface area contributed by atoms with E-state index >= 15 is 0 Å². The van der Waals surface area contributed by atoms with E-state index in [0.29, 0.717) is 10.6 Å². The minimum absolute atomic E-state index is 0. The molecule has 0 amide bonds. The van der Waals surface area contributed by atoms with Crippen LogP contribution in [-0.2, 0) is 25.9 Å². The second-order valence-corrected chi connectivity index (χ2v) is 5.20. The number of nitro groups is 1. The molecular formula is C10H10NO3S2W-. The van der Waals surface area contributed by atoms with Crippen LogP contribution in [0.3, 0.4) is 0 Å². The van der Waals surface area contributed by atoms with Crippen LogP contribution in [0.15, 0.2) is 29.2 Å². The molecule has 1 aromatic rings. The Hall–Kier alpha value is -0.322. The molecule has 0 bridgehead atoms. The first-order valence-electron chi connectivity index (χ1n) is 4.49. The number of hydrogen-bond acceptors (Lipinski definition) is 5. The summed E-state index contributed by atoms with van der Waals surface area (Å²) in [4.78, 5) is 21.8. The maximum Gasteiger partial charge on any atom is 0.283 e. The van der Waals surface area contributed by atoms with Gasteiger partial charge in [-0.25, -0.2) is 0 Å². The van der Waals surface area contributed by atoms with Gasteiger partial charge in [-0.3, -0.25) is 10.1 Å². The molecule has 0 aromatic heterocycles. The topological polar surface area (TPSA) is 60.2 Å². The number of carbonyl (C=O) groups excluding carboxylic acids is 1. The van der Waals surface area contributed by atoms with Crippen LogP contribution in [0.2, 0.25) is 0 Å². The second-order valence-electron chi connectivity index (χ2n) is 2.86. The van der Waals surface area contributed by atoms with Crippen molar-refractivity contribution >= 4 is 33.1 Å². The summed E-state index contributed by atoms with van der Waals surface area (Å²) < 4.78 is 0. The van der Waals surface area contributed by atoms with Gasteiger partial charge in [0.1, 0.15) is 5.78 Å². The first kappa shape index (κ1) is 16.7. The minimum Gasteiger partial charge on any atom is -0.336 e. The maximum absolute atomic E-state index is 11.0. The van der Waals surface area contributed by atoms with Crippen LogP contribution in [0.1, 0.15) is 6.42 Å². The van der Waals surface area contributed by atoms with Crippen molar-refractivity contribution in [3.8, 4) is 0 Å². The Bertz CT molecular complexity index is 401. The van der Waals surface area contributed by atoms with Gasteiger partial charge in [0, 0.05) is 27.1 Å². The first-order valence-corrected chi connectivity index (χ1v) is 6.81. The zero-order chi connectivity index (χ0) is 12.0. The van der Waals surface area contributed by atoms with Gasteiger partial charge in [0.15, 0.2) is 0 Å². The van der Waals surface area contributed by atoms with Crippen molar-refractivity contribution in [1.82, 2.24) is 0 Å². The van der Waals surface area contributed by atoms with E-state index in [1.165, 1.54) is 27.7 Å². The van der Waals surface area contributed by atoms with Crippen LogP contribution in [0, 0.1) is 17.0 Å². The Morgan fingerprint density at radius 1 is 1.41 bits per heavy atom. The molecule has 0 radical (unpaired) electrons. The Balaban J connectivity index is 0.00000256. The number of nitro benzene ring substituents is 1. The summed E-state index contributed by atoms with van der Waals surface area (Å²) in [6, 6.07) is 6.48. The molecule has 0 aliphatic rings. The smallest absolute Gasteiger partial charge is 0.283 e. The van der Waals surface area contributed by atoms with Gasteiger partial charge in [-0.2, -0.15) is 0 Å². The van der Waals surface area contributed by atoms with E-state index in [-0.39, 0.29) is 39.0 Å². The molecule has 0 atom stereocenters. The molecule has 92 valence electrons. The van der Waals surface area contributed by atoms with Gasteiger partial charge < -0.3 is 11.7 Å².